The first kappa shape index (κ1) is 22.2. The standard InChI is InChI=1S/C21H23N5O4S2/c1-3-4-8-15(23-19-13-7-5-6-9-16(13)32(29,30)25-19)21(28)26(2)12-17-22-14-10-11-31-18(14)20(27)24-17/h5-7,9-11,15H,3-4,8,12H2,1-2H3,(H,23,25)(H,22,24,27). The number of unbranched alkanes of at least 4 members (excludes halogenated alkanes) is 1. The number of H-pyrrole nitrogens is 1. The molecule has 168 valence electrons. The van der Waals surface area contributed by atoms with Gasteiger partial charge in [-0.15, -0.1) is 11.3 Å². The number of aromatic amines is 1. The smallest absolute Gasteiger partial charge is 0.268 e. The average molecular weight is 474 g/mol. The van der Waals surface area contributed by atoms with E-state index in [1.54, 1.807) is 36.7 Å². The van der Waals surface area contributed by atoms with Gasteiger partial charge in [-0.3, -0.25) is 19.3 Å². The summed E-state index contributed by atoms with van der Waals surface area (Å²) in [5.74, 6) is 0.280. The molecule has 0 saturated heterocycles. The third-order valence-electron chi connectivity index (χ3n) is 5.19. The first-order chi connectivity index (χ1) is 15.3. The molecule has 0 saturated carbocycles. The lowest BCUT2D eigenvalue weighted by Crippen LogP contribution is -2.37. The highest BCUT2D eigenvalue weighted by atomic mass is 32.2. The molecule has 1 aliphatic heterocycles. The molecular weight excluding hydrogens is 450 g/mol. The van der Waals surface area contributed by atoms with Gasteiger partial charge in [0.15, 0.2) is 0 Å². The number of sulfonamides is 1. The zero-order chi connectivity index (χ0) is 22.9. The van der Waals surface area contributed by atoms with Crippen molar-refractivity contribution in [1.82, 2.24) is 19.6 Å². The van der Waals surface area contributed by atoms with Gasteiger partial charge in [0.25, 0.3) is 15.6 Å². The van der Waals surface area contributed by atoms with Crippen LogP contribution in [0, 0.1) is 0 Å². The summed E-state index contributed by atoms with van der Waals surface area (Å²) in [5, 5.41) is 1.79. The molecule has 1 aromatic carbocycles. The second-order valence-electron chi connectivity index (χ2n) is 7.58. The number of carbonyl (C=O) groups excluding carboxylic acids is 1. The van der Waals surface area contributed by atoms with Crippen molar-refractivity contribution >= 4 is 43.3 Å². The van der Waals surface area contributed by atoms with Crippen LogP contribution in [0.15, 0.2) is 50.4 Å². The van der Waals surface area contributed by atoms with E-state index in [2.05, 4.69) is 19.7 Å². The van der Waals surface area contributed by atoms with Crippen LogP contribution in [-0.4, -0.2) is 48.1 Å². The molecule has 1 atom stereocenters. The van der Waals surface area contributed by atoms with E-state index in [1.165, 1.54) is 22.3 Å². The number of rotatable bonds is 7. The van der Waals surface area contributed by atoms with E-state index in [0.29, 0.717) is 28.0 Å². The summed E-state index contributed by atoms with van der Waals surface area (Å²) in [5.41, 5.74) is 0.813. The fourth-order valence-corrected chi connectivity index (χ4v) is 5.54. The van der Waals surface area contributed by atoms with Crippen molar-refractivity contribution in [3.8, 4) is 0 Å². The molecule has 0 spiro atoms. The number of benzene rings is 1. The van der Waals surface area contributed by atoms with E-state index in [0.717, 1.165) is 12.8 Å². The van der Waals surface area contributed by atoms with Crippen LogP contribution in [0.1, 0.15) is 37.6 Å². The molecule has 4 rings (SSSR count). The van der Waals surface area contributed by atoms with E-state index in [4.69, 9.17) is 0 Å². The van der Waals surface area contributed by atoms with Gasteiger partial charge < -0.3 is 9.88 Å². The topological polar surface area (TPSA) is 125 Å². The van der Waals surface area contributed by atoms with E-state index >= 15 is 0 Å². The summed E-state index contributed by atoms with van der Waals surface area (Å²) < 4.78 is 27.8. The minimum absolute atomic E-state index is 0.107. The normalized spacial score (nSPS) is 16.6. The van der Waals surface area contributed by atoms with E-state index in [1.807, 2.05) is 6.92 Å². The van der Waals surface area contributed by atoms with Crippen LogP contribution in [0.5, 0.6) is 0 Å². The van der Waals surface area contributed by atoms with Crippen molar-refractivity contribution < 1.29 is 13.2 Å². The highest BCUT2D eigenvalue weighted by molar-refractivity contribution is 7.90. The maximum atomic E-state index is 13.2. The molecule has 11 heteroatoms. The Morgan fingerprint density at radius 1 is 1.28 bits per heavy atom. The summed E-state index contributed by atoms with van der Waals surface area (Å²) in [7, 11) is -2.07. The van der Waals surface area contributed by atoms with Crippen molar-refractivity contribution in [3.05, 3.63) is 57.5 Å². The van der Waals surface area contributed by atoms with Gasteiger partial charge in [-0.1, -0.05) is 31.9 Å². The van der Waals surface area contributed by atoms with Gasteiger partial charge in [-0.2, -0.15) is 0 Å². The van der Waals surface area contributed by atoms with Gasteiger partial charge in [0.05, 0.1) is 17.0 Å². The Labute approximate surface area is 189 Å². The van der Waals surface area contributed by atoms with Crippen molar-refractivity contribution in [2.75, 3.05) is 7.05 Å². The summed E-state index contributed by atoms with van der Waals surface area (Å²) in [6, 6.07) is 7.56. The maximum Gasteiger partial charge on any atom is 0.268 e. The lowest BCUT2D eigenvalue weighted by atomic mass is 10.1. The number of aliphatic imine (C=N–C) groups is 1. The highest BCUT2D eigenvalue weighted by Gasteiger charge is 2.32. The van der Waals surface area contributed by atoms with Crippen LogP contribution in [0.2, 0.25) is 0 Å². The van der Waals surface area contributed by atoms with Crippen molar-refractivity contribution in [2.24, 2.45) is 4.99 Å². The fraction of sp³-hybridized carbons (Fsp3) is 0.333. The van der Waals surface area contributed by atoms with Gasteiger partial charge in [-0.05, 0) is 30.0 Å². The summed E-state index contributed by atoms with van der Waals surface area (Å²) in [4.78, 5) is 38.7. The number of thiophene rings is 1. The van der Waals surface area contributed by atoms with Crippen LogP contribution in [0.3, 0.4) is 0 Å². The zero-order valence-corrected chi connectivity index (χ0v) is 19.3. The van der Waals surface area contributed by atoms with Crippen molar-refractivity contribution in [2.45, 2.75) is 43.7 Å². The molecule has 1 aliphatic rings. The molecule has 0 aliphatic carbocycles. The number of likely N-dealkylation sites (N-methyl/N-ethyl adjacent to an activating group) is 1. The molecule has 1 unspecified atom stereocenters. The summed E-state index contributed by atoms with van der Waals surface area (Å²) >= 11 is 1.31. The van der Waals surface area contributed by atoms with Crippen LogP contribution < -0.4 is 10.3 Å². The van der Waals surface area contributed by atoms with Gasteiger partial charge in [-0.25, -0.2) is 13.4 Å². The van der Waals surface area contributed by atoms with Crippen LogP contribution in [0.4, 0.5) is 0 Å². The zero-order valence-electron chi connectivity index (χ0n) is 17.7. The Balaban J connectivity index is 1.60. The summed E-state index contributed by atoms with van der Waals surface area (Å²) in [6.07, 6.45) is 2.09. The lowest BCUT2D eigenvalue weighted by molar-refractivity contribution is -0.132. The highest BCUT2D eigenvalue weighted by Crippen LogP contribution is 2.23. The van der Waals surface area contributed by atoms with Crippen LogP contribution >= 0.6 is 11.3 Å². The molecule has 1 amide bonds. The first-order valence-electron chi connectivity index (χ1n) is 10.2. The molecule has 32 heavy (non-hydrogen) atoms. The molecule has 2 aromatic heterocycles. The Hall–Kier alpha value is -3.05. The fourth-order valence-electron chi connectivity index (χ4n) is 3.58. The molecule has 3 heterocycles. The third kappa shape index (κ3) is 4.30. The predicted molar refractivity (Wildman–Crippen MR) is 123 cm³/mol. The monoisotopic (exact) mass is 473 g/mol. The second-order valence-corrected chi connectivity index (χ2v) is 10.1. The SMILES string of the molecule is CCCCC(N=C1NS(=O)(=O)c2ccccc21)C(=O)N(C)Cc1nc2ccsc2c(=O)[nH]1. The molecule has 9 nitrogen and oxygen atoms in total. The van der Waals surface area contributed by atoms with Crippen LogP contribution in [0.25, 0.3) is 10.2 Å². The quantitative estimate of drug-likeness (QED) is 0.545. The number of aromatic nitrogens is 2. The number of hydrogen-bond donors (Lipinski definition) is 2. The molecule has 0 radical (unpaired) electrons. The molecule has 0 fully saturated rings. The van der Waals surface area contributed by atoms with E-state index < -0.39 is 16.1 Å². The number of fused-ring (bicyclic) bond motifs is 2. The Bertz CT molecular complexity index is 1360. The molecular formula is C21H23N5O4S2. The largest absolute Gasteiger partial charge is 0.336 e. The van der Waals surface area contributed by atoms with E-state index in [-0.39, 0.29) is 28.7 Å². The van der Waals surface area contributed by atoms with E-state index in [9.17, 15) is 18.0 Å². The number of nitrogens with one attached hydrogen (secondary N) is 2. The lowest BCUT2D eigenvalue weighted by Gasteiger charge is -2.21. The number of hydrogen-bond acceptors (Lipinski definition) is 7. The van der Waals surface area contributed by atoms with Gasteiger partial charge >= 0.3 is 0 Å². The average Bonchev–Trinajstić information content (AvgIpc) is 3.33. The van der Waals surface area contributed by atoms with Crippen molar-refractivity contribution in [1.29, 1.82) is 0 Å². The summed E-state index contributed by atoms with van der Waals surface area (Å²) in [6.45, 7) is 2.12. The minimum atomic E-state index is -3.69. The number of nitrogens with zero attached hydrogens (tertiary/aromatic N) is 3. The Kier molecular flexibility index (Phi) is 6.11. The molecule has 3 aromatic rings. The van der Waals surface area contributed by atoms with Crippen molar-refractivity contribution in [3.63, 3.8) is 0 Å². The third-order valence-corrected chi connectivity index (χ3v) is 7.49. The van der Waals surface area contributed by atoms with Gasteiger partial charge in [0.1, 0.15) is 22.4 Å². The Morgan fingerprint density at radius 2 is 2.06 bits per heavy atom. The second kappa shape index (κ2) is 8.83. The maximum absolute atomic E-state index is 13.2. The number of carbonyl (C=O) groups is 1. The number of amidine groups is 1. The molecule has 0 bridgehead atoms. The van der Waals surface area contributed by atoms with Gasteiger partial charge in [0.2, 0.25) is 5.91 Å². The first-order valence-corrected chi connectivity index (χ1v) is 12.6. The van der Waals surface area contributed by atoms with Crippen LogP contribution in [-0.2, 0) is 21.4 Å². The minimum Gasteiger partial charge on any atom is -0.336 e. The van der Waals surface area contributed by atoms with Gasteiger partial charge in [0, 0.05) is 12.6 Å². The predicted octanol–water partition coefficient (Wildman–Crippen LogP) is 2.24. The Morgan fingerprint density at radius 3 is 2.84 bits per heavy atom. The number of amides is 1. The molecule has 2 N–H and O–H groups in total.